The third-order valence-corrected chi connectivity index (χ3v) is 7.16. The van der Waals surface area contributed by atoms with Gasteiger partial charge in [0.1, 0.15) is 16.8 Å². The number of carbonyl (C=O) groups is 1. The standard InChI is InChI=1S/C20H21Cl2N3O3S.C2H6/c21-15-8-14(13-2-5-28-6-3-13)9-16(10-15)24-20(26)17-11-19(23-12-18(17)22)25-4-1-7-29(25)27;1-2/h8-13H,1-7H2,(H,24,26);1-2H3. The Hall–Kier alpha value is -1.67. The van der Waals surface area contributed by atoms with Gasteiger partial charge in [-0.2, -0.15) is 0 Å². The molecule has 1 amide bonds. The highest BCUT2D eigenvalue weighted by Crippen LogP contribution is 2.32. The fourth-order valence-electron chi connectivity index (χ4n) is 3.65. The molecule has 0 bridgehead atoms. The first-order chi connectivity index (χ1) is 15.0. The molecule has 4 rings (SSSR count). The summed E-state index contributed by atoms with van der Waals surface area (Å²) in [6, 6.07) is 7.19. The van der Waals surface area contributed by atoms with Crippen molar-refractivity contribution in [2.24, 2.45) is 0 Å². The molecule has 0 radical (unpaired) electrons. The van der Waals surface area contributed by atoms with Crippen LogP contribution in [-0.4, -0.2) is 40.6 Å². The molecule has 2 aliphatic rings. The van der Waals surface area contributed by atoms with Crippen molar-refractivity contribution >= 4 is 51.6 Å². The van der Waals surface area contributed by atoms with Crippen LogP contribution in [0.5, 0.6) is 0 Å². The third kappa shape index (κ3) is 5.98. The Morgan fingerprint density at radius 2 is 1.94 bits per heavy atom. The zero-order valence-electron chi connectivity index (χ0n) is 17.7. The number of nitrogens with one attached hydrogen (secondary N) is 1. The molecule has 0 aliphatic carbocycles. The van der Waals surface area contributed by atoms with E-state index in [-0.39, 0.29) is 16.5 Å². The van der Waals surface area contributed by atoms with E-state index in [9.17, 15) is 9.00 Å². The van der Waals surface area contributed by atoms with Gasteiger partial charge in [0, 0.05) is 42.4 Å². The Morgan fingerprint density at radius 3 is 2.61 bits per heavy atom. The minimum atomic E-state index is -1.12. The first kappa shape index (κ1) is 24.0. The minimum absolute atomic E-state index is 0.239. The van der Waals surface area contributed by atoms with Crippen LogP contribution in [0.4, 0.5) is 11.5 Å². The Balaban J connectivity index is 0.00000132. The van der Waals surface area contributed by atoms with Gasteiger partial charge >= 0.3 is 0 Å². The van der Waals surface area contributed by atoms with Crippen molar-refractivity contribution in [1.82, 2.24) is 4.98 Å². The highest BCUT2D eigenvalue weighted by molar-refractivity contribution is 7.86. The number of ether oxygens (including phenoxy) is 1. The fourth-order valence-corrected chi connectivity index (χ4v) is 5.32. The lowest BCUT2D eigenvalue weighted by atomic mass is 9.91. The smallest absolute Gasteiger partial charge is 0.257 e. The Kier molecular flexibility index (Phi) is 8.72. The molecule has 2 aromatic rings. The van der Waals surface area contributed by atoms with Gasteiger partial charge in [0.05, 0.1) is 10.6 Å². The van der Waals surface area contributed by atoms with Crippen LogP contribution in [0.25, 0.3) is 0 Å². The zero-order chi connectivity index (χ0) is 22.4. The average molecular weight is 484 g/mol. The predicted octanol–water partition coefficient (Wildman–Crippen LogP) is 5.43. The zero-order valence-corrected chi connectivity index (χ0v) is 20.0. The number of benzene rings is 1. The van der Waals surface area contributed by atoms with Crippen molar-refractivity contribution in [1.29, 1.82) is 0 Å². The largest absolute Gasteiger partial charge is 0.381 e. The summed E-state index contributed by atoms with van der Waals surface area (Å²) < 4.78 is 19.2. The number of aromatic nitrogens is 1. The van der Waals surface area contributed by atoms with E-state index in [4.69, 9.17) is 27.9 Å². The van der Waals surface area contributed by atoms with E-state index >= 15 is 0 Å². The molecule has 1 aromatic carbocycles. The number of carbonyl (C=O) groups excluding carboxylic acids is 1. The fraction of sp³-hybridized carbons (Fsp3) is 0.455. The number of nitrogens with zero attached hydrogens (tertiary/aromatic N) is 2. The first-order valence-corrected chi connectivity index (χ1v) is 12.6. The molecular weight excluding hydrogens is 457 g/mol. The van der Waals surface area contributed by atoms with Crippen LogP contribution in [0.2, 0.25) is 10.0 Å². The monoisotopic (exact) mass is 483 g/mol. The molecule has 2 fully saturated rings. The summed E-state index contributed by atoms with van der Waals surface area (Å²) in [5.41, 5.74) is 1.99. The maximum Gasteiger partial charge on any atom is 0.257 e. The van der Waals surface area contributed by atoms with E-state index in [1.165, 1.54) is 6.20 Å². The number of anilines is 2. The lowest BCUT2D eigenvalue weighted by Gasteiger charge is -2.23. The van der Waals surface area contributed by atoms with Gasteiger partial charge in [-0.25, -0.2) is 9.19 Å². The molecule has 3 heterocycles. The second-order valence-electron chi connectivity index (χ2n) is 7.12. The van der Waals surface area contributed by atoms with Gasteiger partial charge in [-0.05, 0) is 55.0 Å². The van der Waals surface area contributed by atoms with E-state index in [0.29, 0.717) is 34.7 Å². The maximum absolute atomic E-state index is 12.9. The number of halogens is 2. The van der Waals surface area contributed by atoms with E-state index < -0.39 is 11.0 Å². The third-order valence-electron chi connectivity index (χ3n) is 5.14. The Bertz CT molecular complexity index is 952. The Morgan fingerprint density at radius 1 is 1.19 bits per heavy atom. The SMILES string of the molecule is CC.O=C(Nc1cc(Cl)cc(C2CCOCC2)c1)c1cc(N2CCCS2=O)ncc1Cl. The number of pyridine rings is 1. The van der Waals surface area contributed by atoms with Crippen LogP contribution in [0.1, 0.15) is 54.9 Å². The highest BCUT2D eigenvalue weighted by atomic mass is 35.5. The van der Waals surface area contributed by atoms with Crippen LogP contribution >= 0.6 is 23.2 Å². The van der Waals surface area contributed by atoms with Gasteiger partial charge in [0.15, 0.2) is 0 Å². The van der Waals surface area contributed by atoms with Crippen molar-refractivity contribution in [2.75, 3.05) is 35.1 Å². The number of hydrogen-bond acceptors (Lipinski definition) is 4. The summed E-state index contributed by atoms with van der Waals surface area (Å²) in [6.45, 7) is 6.10. The summed E-state index contributed by atoms with van der Waals surface area (Å²) in [4.78, 5) is 17.1. The van der Waals surface area contributed by atoms with Gasteiger partial charge in [-0.15, -0.1) is 0 Å². The summed E-state index contributed by atoms with van der Waals surface area (Å²) in [5, 5.41) is 3.69. The Labute approximate surface area is 195 Å². The van der Waals surface area contributed by atoms with Gasteiger partial charge < -0.3 is 10.1 Å². The molecule has 1 atom stereocenters. The predicted molar refractivity (Wildman–Crippen MR) is 128 cm³/mol. The summed E-state index contributed by atoms with van der Waals surface area (Å²) >= 11 is 12.5. The van der Waals surface area contributed by atoms with Crippen molar-refractivity contribution in [3.8, 4) is 0 Å². The second kappa shape index (κ2) is 11.3. The van der Waals surface area contributed by atoms with E-state index in [2.05, 4.69) is 10.3 Å². The minimum Gasteiger partial charge on any atom is -0.381 e. The van der Waals surface area contributed by atoms with Gasteiger partial charge in [-0.3, -0.25) is 9.10 Å². The van der Waals surface area contributed by atoms with Crippen LogP contribution in [-0.2, 0) is 15.7 Å². The summed E-state index contributed by atoms with van der Waals surface area (Å²) in [6.07, 6.45) is 4.11. The van der Waals surface area contributed by atoms with Gasteiger partial charge in [0.2, 0.25) is 0 Å². The van der Waals surface area contributed by atoms with E-state index in [0.717, 1.165) is 38.0 Å². The molecule has 1 unspecified atom stereocenters. The van der Waals surface area contributed by atoms with Gasteiger partial charge in [0.25, 0.3) is 5.91 Å². The molecule has 6 nitrogen and oxygen atoms in total. The van der Waals surface area contributed by atoms with Crippen LogP contribution < -0.4 is 9.62 Å². The van der Waals surface area contributed by atoms with Crippen molar-refractivity contribution in [2.45, 2.75) is 39.0 Å². The molecule has 0 saturated carbocycles. The molecule has 2 aliphatic heterocycles. The topological polar surface area (TPSA) is 71.5 Å². The van der Waals surface area contributed by atoms with Crippen molar-refractivity contribution in [3.63, 3.8) is 0 Å². The molecule has 1 N–H and O–H groups in total. The molecule has 1 aromatic heterocycles. The van der Waals surface area contributed by atoms with Crippen LogP contribution in [0.3, 0.4) is 0 Å². The lowest BCUT2D eigenvalue weighted by Crippen LogP contribution is -2.22. The molecule has 2 saturated heterocycles. The average Bonchev–Trinajstić information content (AvgIpc) is 3.21. The van der Waals surface area contributed by atoms with E-state index in [1.807, 2.05) is 26.0 Å². The molecular formula is C22H27Cl2N3O3S. The van der Waals surface area contributed by atoms with Crippen LogP contribution in [0, 0.1) is 0 Å². The highest BCUT2D eigenvalue weighted by Gasteiger charge is 2.24. The van der Waals surface area contributed by atoms with Crippen molar-refractivity contribution in [3.05, 3.63) is 51.6 Å². The number of hydrogen-bond donors (Lipinski definition) is 1. The van der Waals surface area contributed by atoms with Crippen molar-refractivity contribution < 1.29 is 13.7 Å². The van der Waals surface area contributed by atoms with Gasteiger partial charge in [-0.1, -0.05) is 37.0 Å². The maximum atomic E-state index is 12.9. The molecule has 168 valence electrons. The second-order valence-corrected chi connectivity index (χ2v) is 9.45. The number of amides is 1. The summed E-state index contributed by atoms with van der Waals surface area (Å²) in [5.74, 6) is 1.09. The van der Waals surface area contributed by atoms with E-state index in [1.54, 1.807) is 16.4 Å². The first-order valence-electron chi connectivity index (χ1n) is 10.5. The molecule has 31 heavy (non-hydrogen) atoms. The molecule has 0 spiro atoms. The quantitative estimate of drug-likeness (QED) is 0.628. The normalized spacial score (nSPS) is 19.0. The summed E-state index contributed by atoms with van der Waals surface area (Å²) in [7, 11) is -1.12. The lowest BCUT2D eigenvalue weighted by molar-refractivity contribution is 0.0853. The van der Waals surface area contributed by atoms with Crippen LogP contribution in [0.15, 0.2) is 30.5 Å². The number of rotatable bonds is 4. The molecule has 9 heteroatoms.